The number of rotatable bonds is 8. The molecule has 0 bridgehead atoms. The summed E-state index contributed by atoms with van der Waals surface area (Å²) in [5, 5.41) is 3.22. The predicted molar refractivity (Wildman–Crippen MR) is 132 cm³/mol. The molecule has 0 radical (unpaired) electrons. The Morgan fingerprint density at radius 2 is 1.94 bits per heavy atom. The first-order chi connectivity index (χ1) is 17.2. The number of amides is 1. The summed E-state index contributed by atoms with van der Waals surface area (Å²) >= 11 is 1.23. The Labute approximate surface area is 212 Å². The van der Waals surface area contributed by atoms with Crippen molar-refractivity contribution in [2.45, 2.75) is 70.6 Å². The maximum absolute atomic E-state index is 12.7. The highest BCUT2D eigenvalue weighted by atomic mass is 32.1. The Hall–Kier alpha value is -2.40. The number of aromatic nitrogens is 2. The quantitative estimate of drug-likeness (QED) is 0.562. The van der Waals surface area contributed by atoms with Crippen LogP contribution < -0.4 is 15.6 Å². The zero-order valence-electron chi connectivity index (χ0n) is 20.5. The first kappa shape index (κ1) is 26.7. The Bertz CT molecular complexity index is 1070. The molecule has 2 aliphatic rings. The van der Waals surface area contributed by atoms with Crippen molar-refractivity contribution < 1.29 is 22.7 Å². The Morgan fingerprint density at radius 1 is 1.19 bits per heavy atom. The third-order valence-electron chi connectivity index (χ3n) is 7.07. The Balaban J connectivity index is 1.18. The van der Waals surface area contributed by atoms with Gasteiger partial charge in [0.2, 0.25) is 0 Å². The van der Waals surface area contributed by atoms with Crippen molar-refractivity contribution in [3.05, 3.63) is 44.8 Å². The first-order valence-corrected chi connectivity index (χ1v) is 13.4. The lowest BCUT2D eigenvalue weighted by atomic mass is 9.84. The van der Waals surface area contributed by atoms with Gasteiger partial charge in [0, 0.05) is 43.0 Å². The zero-order valence-corrected chi connectivity index (χ0v) is 21.3. The van der Waals surface area contributed by atoms with E-state index in [1.165, 1.54) is 22.0 Å². The maximum Gasteiger partial charge on any atom is 0.422 e. The lowest BCUT2D eigenvalue weighted by Gasteiger charge is -2.31. The minimum Gasteiger partial charge on any atom is -0.460 e. The summed E-state index contributed by atoms with van der Waals surface area (Å²) in [6.07, 6.45) is 2.22. The summed E-state index contributed by atoms with van der Waals surface area (Å²) in [4.78, 5) is 32.4. The number of pyridine rings is 1. The number of nitrogens with zero attached hydrogens (tertiary/aromatic N) is 3. The monoisotopic (exact) mass is 526 g/mol. The van der Waals surface area contributed by atoms with Gasteiger partial charge in [-0.3, -0.25) is 9.59 Å². The molecule has 1 N–H and O–H groups in total. The van der Waals surface area contributed by atoms with Crippen molar-refractivity contribution in [3.8, 4) is 5.19 Å². The molecule has 11 heteroatoms. The fourth-order valence-corrected chi connectivity index (χ4v) is 6.02. The van der Waals surface area contributed by atoms with Crippen molar-refractivity contribution in [2.24, 2.45) is 5.92 Å². The number of nitrogens with one attached hydrogen (secondary N) is 1. The normalized spacial score (nSPS) is 21.0. The summed E-state index contributed by atoms with van der Waals surface area (Å²) in [5.74, 6) is 0.428. The molecular weight excluding hydrogens is 493 g/mol. The number of carbonyl (C=O) groups excluding carboxylic acids is 1. The van der Waals surface area contributed by atoms with Crippen LogP contribution in [0.2, 0.25) is 0 Å². The second-order valence-corrected chi connectivity index (χ2v) is 10.6. The smallest absolute Gasteiger partial charge is 0.422 e. The third kappa shape index (κ3) is 7.09. The van der Waals surface area contributed by atoms with Crippen LogP contribution in [0.1, 0.15) is 60.1 Å². The van der Waals surface area contributed by atoms with Crippen LogP contribution in [0.25, 0.3) is 0 Å². The van der Waals surface area contributed by atoms with E-state index in [0.29, 0.717) is 18.2 Å². The minimum absolute atomic E-state index is 0.111. The highest BCUT2D eigenvalue weighted by Gasteiger charge is 2.30. The van der Waals surface area contributed by atoms with Gasteiger partial charge in [0.25, 0.3) is 16.7 Å². The summed E-state index contributed by atoms with van der Waals surface area (Å²) < 4.78 is 43.5. The third-order valence-corrected chi connectivity index (χ3v) is 8.14. The molecule has 0 aromatic carbocycles. The van der Waals surface area contributed by atoms with Crippen molar-refractivity contribution in [2.75, 3.05) is 26.2 Å². The summed E-state index contributed by atoms with van der Waals surface area (Å²) in [6, 6.07) is 4.91. The van der Waals surface area contributed by atoms with E-state index in [4.69, 9.17) is 4.74 Å². The van der Waals surface area contributed by atoms with E-state index >= 15 is 0 Å². The molecule has 1 aliphatic heterocycles. The van der Waals surface area contributed by atoms with Crippen molar-refractivity contribution in [1.82, 2.24) is 19.8 Å². The Morgan fingerprint density at radius 3 is 2.67 bits per heavy atom. The van der Waals surface area contributed by atoms with Crippen LogP contribution in [0.4, 0.5) is 13.2 Å². The van der Waals surface area contributed by atoms with E-state index in [9.17, 15) is 22.8 Å². The largest absolute Gasteiger partial charge is 0.460 e. The van der Waals surface area contributed by atoms with Gasteiger partial charge in [-0.05, 0) is 64.0 Å². The molecule has 36 heavy (non-hydrogen) atoms. The Kier molecular flexibility index (Phi) is 8.71. The van der Waals surface area contributed by atoms with Gasteiger partial charge in [-0.25, -0.2) is 4.98 Å². The predicted octanol–water partition coefficient (Wildman–Crippen LogP) is 4.05. The van der Waals surface area contributed by atoms with Gasteiger partial charge in [0.15, 0.2) is 6.61 Å². The minimum atomic E-state index is -4.36. The molecule has 198 valence electrons. The van der Waals surface area contributed by atoms with Crippen LogP contribution in [0, 0.1) is 5.92 Å². The van der Waals surface area contributed by atoms with Crippen molar-refractivity contribution >= 4 is 17.2 Å². The van der Waals surface area contributed by atoms with Crippen LogP contribution in [0.3, 0.4) is 0 Å². The summed E-state index contributed by atoms with van der Waals surface area (Å²) in [6.45, 7) is 3.72. The molecule has 1 fully saturated rings. The second kappa shape index (κ2) is 11.8. The lowest BCUT2D eigenvalue weighted by Crippen LogP contribution is -2.40. The molecule has 4 rings (SSSR count). The van der Waals surface area contributed by atoms with Crippen molar-refractivity contribution in [3.63, 3.8) is 0 Å². The molecule has 7 nitrogen and oxygen atoms in total. The van der Waals surface area contributed by atoms with E-state index in [1.807, 2.05) is 6.92 Å². The average Bonchev–Trinajstić information content (AvgIpc) is 3.15. The second-order valence-electron chi connectivity index (χ2n) is 9.57. The fourth-order valence-electron chi connectivity index (χ4n) is 5.08. The van der Waals surface area contributed by atoms with E-state index in [1.54, 1.807) is 12.1 Å². The number of halogens is 3. The van der Waals surface area contributed by atoms with Crippen LogP contribution in [-0.2, 0) is 19.4 Å². The number of hydrogen-bond donors (Lipinski definition) is 1. The number of thiazole rings is 1. The van der Waals surface area contributed by atoms with E-state index < -0.39 is 12.8 Å². The molecule has 1 aliphatic carbocycles. The topological polar surface area (TPSA) is 76.5 Å². The van der Waals surface area contributed by atoms with E-state index in [2.05, 4.69) is 15.2 Å². The molecule has 2 aromatic heterocycles. The van der Waals surface area contributed by atoms with Gasteiger partial charge >= 0.3 is 6.18 Å². The SMILES string of the molecule is CCn1c(C(=O)N[C@H]2CC[C@H](CCN3CCc4nc(OCC(F)(F)F)sc4CC3)CC2)cccc1=O. The van der Waals surface area contributed by atoms with Gasteiger partial charge in [0.05, 0.1) is 5.69 Å². The zero-order chi connectivity index (χ0) is 25.7. The number of hydrogen-bond acceptors (Lipinski definition) is 6. The lowest BCUT2D eigenvalue weighted by molar-refractivity contribution is -0.153. The highest BCUT2D eigenvalue weighted by molar-refractivity contribution is 7.13. The molecular formula is C25H33F3N4O3S. The van der Waals surface area contributed by atoms with Crippen LogP contribution in [0.15, 0.2) is 23.0 Å². The van der Waals surface area contributed by atoms with Gasteiger partial charge in [-0.15, -0.1) is 0 Å². The first-order valence-electron chi connectivity index (χ1n) is 12.6. The molecule has 3 heterocycles. The summed E-state index contributed by atoms with van der Waals surface area (Å²) in [5.41, 5.74) is 1.11. The van der Waals surface area contributed by atoms with Gasteiger partial charge in [-0.2, -0.15) is 13.2 Å². The molecule has 1 saturated carbocycles. The average molecular weight is 527 g/mol. The van der Waals surface area contributed by atoms with Crippen molar-refractivity contribution in [1.29, 1.82) is 0 Å². The highest BCUT2D eigenvalue weighted by Crippen LogP contribution is 2.31. The van der Waals surface area contributed by atoms with E-state index in [0.717, 1.165) is 75.2 Å². The van der Waals surface area contributed by atoms with Crippen LogP contribution in [0.5, 0.6) is 5.19 Å². The van der Waals surface area contributed by atoms with Crippen LogP contribution in [-0.4, -0.2) is 58.8 Å². The van der Waals surface area contributed by atoms with Gasteiger partial charge in [-0.1, -0.05) is 17.4 Å². The van der Waals surface area contributed by atoms with Gasteiger partial charge < -0.3 is 19.5 Å². The fraction of sp³-hybridized carbons (Fsp3) is 0.640. The number of ether oxygens (including phenoxy) is 1. The van der Waals surface area contributed by atoms with E-state index in [-0.39, 0.29) is 22.7 Å². The van der Waals surface area contributed by atoms with Crippen LogP contribution >= 0.6 is 11.3 Å². The number of carbonyl (C=O) groups is 1. The number of fused-ring (bicyclic) bond motifs is 1. The summed E-state index contributed by atoms with van der Waals surface area (Å²) in [7, 11) is 0. The molecule has 0 saturated heterocycles. The molecule has 1 amide bonds. The standard InChI is InChI=1S/C25H33F3N4O3S/c1-2-32-20(4-3-5-22(32)33)23(34)29-18-8-6-17(7-9-18)10-13-31-14-11-19-21(12-15-31)36-24(30-19)35-16-25(26,27)28/h3-5,17-18H,2,6-16H2,1H3,(H,29,34)/t17-,18-. The number of alkyl halides is 3. The van der Waals surface area contributed by atoms with Gasteiger partial charge in [0.1, 0.15) is 5.69 Å². The maximum atomic E-state index is 12.7. The molecule has 2 aromatic rings. The molecule has 0 atom stereocenters. The molecule has 0 unspecified atom stereocenters. The molecule has 0 spiro atoms.